The maximum atomic E-state index is 2.28. The van der Waals surface area contributed by atoms with Crippen LogP contribution in [0.25, 0.3) is 0 Å². The molecule has 6 heavy (non-hydrogen) atoms. The Morgan fingerprint density at radius 3 is 1.50 bits per heavy atom. The molecule has 0 aliphatic heterocycles. The molecule has 0 aromatic rings. The van der Waals surface area contributed by atoms with Crippen molar-refractivity contribution in [2.45, 2.75) is 0 Å². The van der Waals surface area contributed by atoms with Gasteiger partial charge in [-0.3, -0.25) is 0 Å². The minimum Gasteiger partial charge on any atom is 0.0213 e. The standard InChI is InChI=1S/B6H8/c1-4-6(3)5-2/h4-5H,1-3H2. The van der Waals surface area contributed by atoms with E-state index in [2.05, 4.69) is 23.2 Å². The van der Waals surface area contributed by atoms with Crippen molar-refractivity contribution in [2.75, 3.05) is 0 Å². The molecule has 0 N–H and O–H groups in total. The second-order valence-electron chi connectivity index (χ2n) is 1.92. The van der Waals surface area contributed by atoms with E-state index in [4.69, 9.17) is 0 Å². The van der Waals surface area contributed by atoms with E-state index in [1.807, 2.05) is 0 Å². The molecule has 6 heteroatoms. The van der Waals surface area contributed by atoms with Crippen LogP contribution in [-0.2, 0) is 0 Å². The summed E-state index contributed by atoms with van der Waals surface area (Å²) in [6, 6.07) is 0. The molecule has 0 saturated heterocycles. The minimum absolute atomic E-state index is 0.935. The highest BCUT2D eigenvalue weighted by Gasteiger charge is 1.97. The molecular formula is H8B6. The first kappa shape index (κ1) is 6.39. The van der Waals surface area contributed by atoms with Crippen LogP contribution in [0.5, 0.6) is 0 Å². The molecule has 0 atom stereocenters. The molecule has 0 nitrogen and oxygen atoms in total. The third-order valence-corrected chi connectivity index (χ3v) is 1.39. The van der Waals surface area contributed by atoms with Gasteiger partial charge in [-0.1, -0.05) is 0 Å². The lowest BCUT2D eigenvalue weighted by Crippen LogP contribution is -2.31. The van der Waals surface area contributed by atoms with Gasteiger partial charge in [0.25, 0.3) is 0 Å². The van der Waals surface area contributed by atoms with E-state index in [-0.39, 0.29) is 0 Å². The van der Waals surface area contributed by atoms with Crippen LogP contribution in [0, 0.1) is 0 Å². The molecule has 0 aromatic carbocycles. The first-order chi connectivity index (χ1) is 2.81. The summed E-state index contributed by atoms with van der Waals surface area (Å²) in [6.07, 6.45) is 0.935. The van der Waals surface area contributed by atoms with Gasteiger partial charge in [-0.05, 0) is 0 Å². The zero-order valence-corrected chi connectivity index (χ0v) is 4.99. The van der Waals surface area contributed by atoms with Gasteiger partial charge in [0.15, 0.2) is 0 Å². The largest absolute Gasteiger partial charge is 0.0594 e. The maximum Gasteiger partial charge on any atom is 0.0594 e. The molecule has 0 amide bonds. The van der Waals surface area contributed by atoms with E-state index in [0.717, 1.165) is 6.39 Å². The molecule has 0 radical (unpaired) electrons. The minimum atomic E-state index is 0.935. The average molecular weight is 72.9 g/mol. The van der Waals surface area contributed by atoms with Gasteiger partial charge < -0.3 is 0 Å². The SMILES string of the molecule is BBB(B)BB. The van der Waals surface area contributed by atoms with Crippen LogP contribution < -0.4 is 0 Å². The molecule has 0 aliphatic rings. The molecule has 0 rings (SSSR count). The van der Waals surface area contributed by atoms with Gasteiger partial charge in [0.1, 0.15) is 0 Å². The predicted octanol–water partition coefficient (Wildman–Crippen LogP) is -4.43. The fourth-order valence-electron chi connectivity index (χ4n) is 0.289. The third kappa shape index (κ3) is 2.62. The lowest BCUT2D eigenvalue weighted by Gasteiger charge is -1.90. The van der Waals surface area contributed by atoms with Crippen LogP contribution in [0.15, 0.2) is 0 Å². The Balaban J connectivity index is 2.75. The summed E-state index contributed by atoms with van der Waals surface area (Å²) in [5, 5.41) is 0. The van der Waals surface area contributed by atoms with Crippen LogP contribution in [0.2, 0.25) is 0 Å². The summed E-state index contributed by atoms with van der Waals surface area (Å²) in [7, 11) is 9.40. The highest BCUT2D eigenvalue weighted by Crippen LogP contribution is 1.55. The van der Waals surface area contributed by atoms with Gasteiger partial charge in [0.05, 0.1) is 23.2 Å². The number of hydrogen-bond acceptors (Lipinski definition) is 0. The monoisotopic (exact) mass is 74.1 g/mol. The molecule has 0 aromatic heterocycles. The summed E-state index contributed by atoms with van der Waals surface area (Å²) < 4.78 is 0. The van der Waals surface area contributed by atoms with Crippen molar-refractivity contribution in [2.24, 2.45) is 0 Å². The zero-order valence-electron chi connectivity index (χ0n) is 4.99. The Kier molecular flexibility index (Phi) is 3.81. The van der Waals surface area contributed by atoms with Crippen molar-refractivity contribution < 1.29 is 0 Å². The van der Waals surface area contributed by atoms with Crippen LogP contribution in [-0.4, -0.2) is 43.7 Å². The van der Waals surface area contributed by atoms with Crippen LogP contribution in [0.1, 0.15) is 0 Å². The van der Waals surface area contributed by atoms with Crippen LogP contribution in [0.4, 0.5) is 0 Å². The van der Waals surface area contributed by atoms with Crippen molar-refractivity contribution in [3.05, 3.63) is 0 Å². The summed E-state index contributed by atoms with van der Waals surface area (Å²) >= 11 is 0. The Morgan fingerprint density at radius 1 is 1.17 bits per heavy atom. The Labute approximate surface area is 44.5 Å². The number of hydrogen-bond donors (Lipinski definition) is 0. The summed E-state index contributed by atoms with van der Waals surface area (Å²) in [5.41, 5.74) is 0. The molecule has 0 spiro atoms. The van der Waals surface area contributed by atoms with E-state index in [1.54, 1.807) is 0 Å². The normalized spacial score (nSPS) is 6.67. The molecule has 0 fully saturated rings. The van der Waals surface area contributed by atoms with Gasteiger partial charge in [0.2, 0.25) is 0 Å². The molecular weight excluding hydrogens is 64.9 g/mol. The second kappa shape index (κ2) is 3.58. The molecule has 26 valence electrons. The van der Waals surface area contributed by atoms with Crippen LogP contribution in [0.3, 0.4) is 0 Å². The average Bonchev–Trinajstić information content (AvgIpc) is 1.65. The van der Waals surface area contributed by atoms with Crippen molar-refractivity contribution in [1.29, 1.82) is 0 Å². The molecule has 0 heterocycles. The van der Waals surface area contributed by atoms with Gasteiger partial charge in [-0.15, -0.1) is 0 Å². The van der Waals surface area contributed by atoms with Gasteiger partial charge in [-0.25, -0.2) is 0 Å². The topological polar surface area (TPSA) is 0 Å². The first-order valence-electron chi connectivity index (χ1n) is 2.81. The van der Waals surface area contributed by atoms with Gasteiger partial charge in [0, 0.05) is 20.5 Å². The highest BCUT2D eigenvalue weighted by molar-refractivity contribution is 7.69. The highest BCUT2D eigenvalue weighted by atomic mass is 12.7. The van der Waals surface area contributed by atoms with Gasteiger partial charge in [-0.2, -0.15) is 0 Å². The Hall–Kier alpha value is 0.390. The lowest BCUT2D eigenvalue weighted by molar-refractivity contribution is 3.82. The fraction of sp³-hybridized carbons (Fsp3) is 0. The molecule has 0 saturated carbocycles. The van der Waals surface area contributed by atoms with Crippen LogP contribution >= 0.6 is 0 Å². The van der Waals surface area contributed by atoms with E-state index in [1.165, 1.54) is 14.1 Å². The first-order valence-corrected chi connectivity index (χ1v) is 2.81. The fourth-order valence-corrected chi connectivity index (χ4v) is 0.289. The van der Waals surface area contributed by atoms with Gasteiger partial charge >= 0.3 is 0 Å². The van der Waals surface area contributed by atoms with Crippen molar-refractivity contribution in [3.63, 3.8) is 0 Å². The van der Waals surface area contributed by atoms with E-state index in [0.29, 0.717) is 0 Å². The van der Waals surface area contributed by atoms with Crippen molar-refractivity contribution >= 4 is 43.7 Å². The third-order valence-electron chi connectivity index (χ3n) is 1.39. The second-order valence-corrected chi connectivity index (χ2v) is 1.92. The predicted molar refractivity (Wildman–Crippen MR) is 45.7 cm³/mol. The summed E-state index contributed by atoms with van der Waals surface area (Å²) in [4.78, 5) is 0. The lowest BCUT2D eigenvalue weighted by atomic mass is 8.88. The maximum absolute atomic E-state index is 2.28. The molecule has 0 aliphatic carbocycles. The summed E-state index contributed by atoms with van der Waals surface area (Å²) in [5.74, 6) is 0. The van der Waals surface area contributed by atoms with E-state index < -0.39 is 0 Å². The van der Waals surface area contributed by atoms with Crippen molar-refractivity contribution in [3.8, 4) is 0 Å². The van der Waals surface area contributed by atoms with E-state index >= 15 is 0 Å². The number of rotatable bonds is 2. The van der Waals surface area contributed by atoms with E-state index in [9.17, 15) is 0 Å². The summed E-state index contributed by atoms with van der Waals surface area (Å²) in [6.45, 7) is 0. The van der Waals surface area contributed by atoms with Crippen molar-refractivity contribution in [1.82, 2.24) is 0 Å². The Bertz CT molecular complexity index is 19.2. The molecule has 0 bridgehead atoms. The quantitative estimate of drug-likeness (QED) is 0.289. The smallest absolute Gasteiger partial charge is 0.0213 e. The molecule has 0 unspecified atom stereocenters. The Morgan fingerprint density at radius 2 is 1.50 bits per heavy atom. The zero-order chi connectivity index (χ0) is 4.99.